The number of benzene rings is 1. The van der Waals surface area contributed by atoms with Crippen molar-refractivity contribution in [2.75, 3.05) is 31.8 Å². The van der Waals surface area contributed by atoms with Crippen molar-refractivity contribution in [3.05, 3.63) is 29.8 Å². The van der Waals surface area contributed by atoms with Gasteiger partial charge in [0.1, 0.15) is 0 Å². The van der Waals surface area contributed by atoms with Crippen LogP contribution in [0, 0.1) is 0 Å². The second-order valence-electron chi connectivity index (χ2n) is 4.09. The summed E-state index contributed by atoms with van der Waals surface area (Å²) >= 11 is 0. The number of aliphatic hydroxyl groups excluding tert-OH is 1. The maximum absolute atomic E-state index is 11.7. The molecule has 18 heavy (non-hydrogen) atoms. The van der Waals surface area contributed by atoms with Crippen molar-refractivity contribution in [3.8, 4) is 0 Å². The topological polar surface area (TPSA) is 59.0 Å². The van der Waals surface area contributed by atoms with Gasteiger partial charge in [0, 0.05) is 17.8 Å². The molecule has 1 heterocycles. The summed E-state index contributed by atoms with van der Waals surface area (Å²) in [5.41, 5.74) is 1.66. The lowest BCUT2D eigenvalue weighted by molar-refractivity contribution is -0.144. The first-order valence-electron chi connectivity index (χ1n) is 5.89. The van der Waals surface area contributed by atoms with E-state index in [1.807, 2.05) is 29.2 Å². The van der Waals surface area contributed by atoms with Gasteiger partial charge in [-0.15, -0.1) is 0 Å². The van der Waals surface area contributed by atoms with Gasteiger partial charge in [-0.1, -0.05) is 18.2 Å². The number of aliphatic hydroxyl groups is 1. The van der Waals surface area contributed by atoms with Gasteiger partial charge < -0.3 is 19.5 Å². The minimum Gasteiger partial charge on any atom is -0.467 e. The summed E-state index contributed by atoms with van der Waals surface area (Å²) in [6.07, 6.45) is 0. The normalized spacial score (nSPS) is 19.7. The first-order valence-corrected chi connectivity index (χ1v) is 5.89. The third-order valence-corrected chi connectivity index (χ3v) is 3.07. The summed E-state index contributed by atoms with van der Waals surface area (Å²) in [7, 11) is 1.37. The Morgan fingerprint density at radius 2 is 2.33 bits per heavy atom. The van der Waals surface area contributed by atoms with E-state index in [4.69, 9.17) is 9.47 Å². The van der Waals surface area contributed by atoms with E-state index < -0.39 is 6.04 Å². The lowest BCUT2D eigenvalue weighted by Crippen LogP contribution is -2.51. The largest absolute Gasteiger partial charge is 0.467 e. The zero-order valence-corrected chi connectivity index (χ0v) is 10.3. The molecule has 1 atom stereocenters. The molecule has 0 spiro atoms. The molecule has 0 bridgehead atoms. The van der Waals surface area contributed by atoms with Gasteiger partial charge in [-0.3, -0.25) is 0 Å². The number of esters is 1. The molecule has 0 aliphatic carbocycles. The molecule has 1 aromatic rings. The van der Waals surface area contributed by atoms with Crippen LogP contribution in [0.2, 0.25) is 0 Å². The van der Waals surface area contributed by atoms with Crippen LogP contribution in [0.15, 0.2) is 24.3 Å². The third-order valence-electron chi connectivity index (χ3n) is 3.07. The first kappa shape index (κ1) is 12.9. The van der Waals surface area contributed by atoms with Gasteiger partial charge in [0.2, 0.25) is 0 Å². The Balaban J connectivity index is 2.30. The van der Waals surface area contributed by atoms with Crippen molar-refractivity contribution in [2.24, 2.45) is 0 Å². The molecule has 5 heteroatoms. The van der Waals surface area contributed by atoms with Crippen LogP contribution >= 0.6 is 0 Å². The summed E-state index contributed by atoms with van der Waals surface area (Å²) < 4.78 is 10.1. The van der Waals surface area contributed by atoms with E-state index in [-0.39, 0.29) is 12.6 Å². The summed E-state index contributed by atoms with van der Waals surface area (Å²) in [6.45, 7) is 1.43. The number of hydrogen-bond donors (Lipinski definition) is 1. The molecular formula is C13H17NO4. The Morgan fingerprint density at radius 1 is 1.56 bits per heavy atom. The minimum absolute atomic E-state index is 0.0541. The number of carbonyl (C=O) groups excluding carboxylic acids is 1. The number of para-hydroxylation sites is 1. The van der Waals surface area contributed by atoms with Gasteiger partial charge in [-0.05, 0) is 6.07 Å². The predicted molar refractivity (Wildman–Crippen MR) is 66.3 cm³/mol. The molecule has 0 amide bonds. The van der Waals surface area contributed by atoms with Crippen LogP contribution in [-0.2, 0) is 20.9 Å². The standard InChI is InChI=1S/C13H17NO4/c1-17-13(16)12-9-18-7-6-14(12)11-5-3-2-4-10(11)8-15/h2-5,12,15H,6-9H2,1H3. The number of methoxy groups -OCH3 is 1. The molecule has 5 nitrogen and oxygen atoms in total. The maximum atomic E-state index is 11.7. The van der Waals surface area contributed by atoms with Gasteiger partial charge >= 0.3 is 5.97 Å². The second-order valence-corrected chi connectivity index (χ2v) is 4.09. The van der Waals surface area contributed by atoms with Crippen LogP contribution in [0.1, 0.15) is 5.56 Å². The minimum atomic E-state index is -0.448. The SMILES string of the molecule is COC(=O)C1COCCN1c1ccccc1CO. The number of nitrogens with zero attached hydrogens (tertiary/aromatic N) is 1. The first-order chi connectivity index (χ1) is 8.77. The number of morpholine rings is 1. The summed E-state index contributed by atoms with van der Waals surface area (Å²) in [5, 5.41) is 9.36. The monoisotopic (exact) mass is 251 g/mol. The number of ether oxygens (including phenoxy) is 2. The highest BCUT2D eigenvalue weighted by atomic mass is 16.5. The van der Waals surface area contributed by atoms with Crippen molar-refractivity contribution >= 4 is 11.7 Å². The summed E-state index contributed by atoms with van der Waals surface area (Å²) in [4.78, 5) is 13.7. The Kier molecular flexibility index (Phi) is 4.17. The van der Waals surface area contributed by atoms with E-state index in [1.54, 1.807) is 0 Å². The Hall–Kier alpha value is -1.59. The van der Waals surface area contributed by atoms with Crippen molar-refractivity contribution in [3.63, 3.8) is 0 Å². The fraction of sp³-hybridized carbons (Fsp3) is 0.462. The van der Waals surface area contributed by atoms with E-state index >= 15 is 0 Å². The van der Waals surface area contributed by atoms with E-state index in [1.165, 1.54) is 7.11 Å². The van der Waals surface area contributed by atoms with E-state index in [0.29, 0.717) is 19.8 Å². The van der Waals surface area contributed by atoms with Gasteiger partial charge in [-0.25, -0.2) is 4.79 Å². The van der Waals surface area contributed by atoms with Gasteiger partial charge in [-0.2, -0.15) is 0 Å². The second kappa shape index (κ2) is 5.84. The highest BCUT2D eigenvalue weighted by Crippen LogP contribution is 2.24. The van der Waals surface area contributed by atoms with E-state index in [2.05, 4.69) is 0 Å². The van der Waals surface area contributed by atoms with Crippen LogP contribution < -0.4 is 4.90 Å². The molecule has 0 saturated carbocycles. The molecule has 98 valence electrons. The highest BCUT2D eigenvalue weighted by molar-refractivity contribution is 5.81. The molecule has 0 radical (unpaired) electrons. The Labute approximate surface area is 106 Å². The molecule has 2 rings (SSSR count). The molecule has 0 aromatic heterocycles. The molecule has 1 aliphatic rings. The summed E-state index contributed by atoms with van der Waals surface area (Å²) in [6, 6.07) is 7.05. The Bertz CT molecular complexity index is 421. The molecule has 1 saturated heterocycles. The molecule has 1 unspecified atom stereocenters. The fourth-order valence-electron chi connectivity index (χ4n) is 2.15. The van der Waals surface area contributed by atoms with Crippen LogP contribution in [0.25, 0.3) is 0 Å². The maximum Gasteiger partial charge on any atom is 0.330 e. The number of rotatable bonds is 3. The number of anilines is 1. The van der Waals surface area contributed by atoms with Crippen LogP contribution in [0.3, 0.4) is 0 Å². The van der Waals surface area contributed by atoms with Crippen molar-refractivity contribution in [1.29, 1.82) is 0 Å². The van der Waals surface area contributed by atoms with Gasteiger partial charge in [0.25, 0.3) is 0 Å². The van der Waals surface area contributed by atoms with Crippen LogP contribution in [0.5, 0.6) is 0 Å². The smallest absolute Gasteiger partial charge is 0.330 e. The quantitative estimate of drug-likeness (QED) is 0.795. The summed E-state index contributed by atoms with van der Waals surface area (Å²) in [5.74, 6) is -0.317. The highest BCUT2D eigenvalue weighted by Gasteiger charge is 2.31. The fourth-order valence-corrected chi connectivity index (χ4v) is 2.15. The average molecular weight is 251 g/mol. The van der Waals surface area contributed by atoms with Gasteiger partial charge in [0.15, 0.2) is 6.04 Å². The molecule has 1 aliphatic heterocycles. The lowest BCUT2D eigenvalue weighted by Gasteiger charge is -2.36. The molecule has 1 fully saturated rings. The van der Waals surface area contributed by atoms with Crippen molar-refractivity contribution in [1.82, 2.24) is 0 Å². The zero-order chi connectivity index (χ0) is 13.0. The van der Waals surface area contributed by atoms with E-state index in [9.17, 15) is 9.90 Å². The lowest BCUT2D eigenvalue weighted by atomic mass is 10.1. The van der Waals surface area contributed by atoms with Crippen molar-refractivity contribution in [2.45, 2.75) is 12.6 Å². The average Bonchev–Trinajstić information content (AvgIpc) is 2.46. The molecule has 1 N–H and O–H groups in total. The predicted octanol–water partition coefficient (Wildman–Crippen LogP) is 0.557. The van der Waals surface area contributed by atoms with E-state index in [0.717, 1.165) is 11.3 Å². The Morgan fingerprint density at radius 3 is 3.06 bits per heavy atom. The number of carbonyl (C=O) groups is 1. The van der Waals surface area contributed by atoms with Gasteiger partial charge in [0.05, 0.1) is 26.9 Å². The third kappa shape index (κ3) is 2.47. The molecular weight excluding hydrogens is 234 g/mol. The van der Waals surface area contributed by atoms with Crippen LogP contribution in [-0.4, -0.2) is 44.0 Å². The van der Waals surface area contributed by atoms with Crippen molar-refractivity contribution < 1.29 is 19.4 Å². The zero-order valence-electron chi connectivity index (χ0n) is 10.3. The molecule has 1 aromatic carbocycles. The number of hydrogen-bond acceptors (Lipinski definition) is 5. The van der Waals surface area contributed by atoms with Crippen LogP contribution in [0.4, 0.5) is 5.69 Å².